The molecule has 1 aliphatic heterocycles. The molecule has 0 saturated carbocycles. The Morgan fingerprint density at radius 3 is 2.86 bits per heavy atom. The van der Waals surface area contributed by atoms with Gasteiger partial charge in [0.2, 0.25) is 0 Å². The Labute approximate surface area is 173 Å². The molecule has 1 aliphatic rings. The van der Waals surface area contributed by atoms with E-state index in [9.17, 15) is 4.79 Å². The van der Waals surface area contributed by atoms with Gasteiger partial charge in [-0.3, -0.25) is 9.69 Å². The zero-order valence-corrected chi connectivity index (χ0v) is 17.4. The average molecular weight is 406 g/mol. The van der Waals surface area contributed by atoms with Crippen LogP contribution in [0.25, 0.3) is 21.1 Å². The van der Waals surface area contributed by atoms with Gasteiger partial charge in [0.05, 0.1) is 28.4 Å². The highest BCUT2D eigenvalue weighted by molar-refractivity contribution is 7.22. The molecule has 6 heteroatoms. The van der Waals surface area contributed by atoms with Gasteiger partial charge in [0.25, 0.3) is 5.91 Å². The van der Waals surface area contributed by atoms with Crippen LogP contribution in [-0.2, 0) is 4.74 Å². The second-order valence-corrected chi connectivity index (χ2v) is 8.65. The molecule has 2 aromatic heterocycles. The van der Waals surface area contributed by atoms with Gasteiger partial charge in [-0.05, 0) is 43.9 Å². The lowest BCUT2D eigenvalue weighted by Gasteiger charge is -2.22. The van der Waals surface area contributed by atoms with Crippen LogP contribution in [0.1, 0.15) is 34.3 Å². The van der Waals surface area contributed by atoms with Gasteiger partial charge in [-0.15, -0.1) is 0 Å². The topological polar surface area (TPSA) is 58.2 Å². The number of benzene rings is 2. The van der Waals surface area contributed by atoms with Gasteiger partial charge in [-0.2, -0.15) is 0 Å². The van der Waals surface area contributed by atoms with Crippen LogP contribution in [0.2, 0.25) is 0 Å². The number of aryl methyl sites for hydroxylation is 2. The Kier molecular flexibility index (Phi) is 4.60. The number of fused-ring (bicyclic) bond motifs is 2. The zero-order chi connectivity index (χ0) is 20.0. The summed E-state index contributed by atoms with van der Waals surface area (Å²) in [7, 11) is 0. The first-order chi connectivity index (χ1) is 14.1. The SMILES string of the molecule is Cc1ccc(C)c2sc(N(C[C@@H]3CCCO3)C(=O)c3c[nH]c4ccccc34)nc12. The number of anilines is 1. The molecule has 4 aromatic rings. The van der Waals surface area contributed by atoms with Crippen molar-refractivity contribution < 1.29 is 9.53 Å². The number of H-pyrrole nitrogens is 1. The largest absolute Gasteiger partial charge is 0.376 e. The van der Waals surface area contributed by atoms with E-state index in [1.54, 1.807) is 17.5 Å². The highest BCUT2D eigenvalue weighted by atomic mass is 32.1. The molecule has 1 atom stereocenters. The molecule has 0 unspecified atom stereocenters. The molecule has 29 heavy (non-hydrogen) atoms. The summed E-state index contributed by atoms with van der Waals surface area (Å²) in [5.41, 5.74) is 4.93. The van der Waals surface area contributed by atoms with E-state index in [0.29, 0.717) is 12.1 Å². The van der Waals surface area contributed by atoms with Gasteiger partial charge in [-0.1, -0.05) is 41.7 Å². The number of para-hydroxylation sites is 1. The molecule has 0 bridgehead atoms. The number of rotatable bonds is 4. The summed E-state index contributed by atoms with van der Waals surface area (Å²) in [5.74, 6) is -0.0349. The minimum Gasteiger partial charge on any atom is -0.376 e. The minimum atomic E-state index is -0.0349. The van der Waals surface area contributed by atoms with Gasteiger partial charge in [0.15, 0.2) is 5.13 Å². The molecule has 1 saturated heterocycles. The van der Waals surface area contributed by atoms with Crippen molar-refractivity contribution in [1.82, 2.24) is 9.97 Å². The lowest BCUT2D eigenvalue weighted by atomic mass is 10.1. The van der Waals surface area contributed by atoms with Crippen LogP contribution in [-0.4, -0.2) is 35.1 Å². The van der Waals surface area contributed by atoms with E-state index in [0.717, 1.165) is 51.3 Å². The molecule has 2 aromatic carbocycles. The van der Waals surface area contributed by atoms with E-state index < -0.39 is 0 Å². The molecule has 148 valence electrons. The Bertz CT molecular complexity index is 1160. The number of hydrogen-bond acceptors (Lipinski definition) is 4. The quantitative estimate of drug-likeness (QED) is 0.506. The van der Waals surface area contributed by atoms with Gasteiger partial charge >= 0.3 is 0 Å². The third kappa shape index (κ3) is 3.22. The summed E-state index contributed by atoms with van der Waals surface area (Å²) in [4.78, 5) is 23.6. The summed E-state index contributed by atoms with van der Waals surface area (Å²) < 4.78 is 7.00. The summed E-state index contributed by atoms with van der Waals surface area (Å²) in [6.45, 7) is 5.45. The molecule has 0 radical (unpaired) electrons. The Morgan fingerprint density at radius 2 is 2.07 bits per heavy atom. The van der Waals surface area contributed by atoms with Crippen LogP contribution in [0.15, 0.2) is 42.6 Å². The normalized spacial score (nSPS) is 16.7. The molecule has 1 fully saturated rings. The fourth-order valence-corrected chi connectivity index (χ4v) is 5.12. The highest BCUT2D eigenvalue weighted by Crippen LogP contribution is 2.35. The first kappa shape index (κ1) is 18.3. The number of hydrogen-bond donors (Lipinski definition) is 1. The molecular weight excluding hydrogens is 382 g/mol. The van der Waals surface area contributed by atoms with Gasteiger partial charge in [0.1, 0.15) is 0 Å². The smallest absolute Gasteiger partial charge is 0.262 e. The summed E-state index contributed by atoms with van der Waals surface area (Å²) in [6.07, 6.45) is 3.87. The zero-order valence-electron chi connectivity index (χ0n) is 16.6. The summed E-state index contributed by atoms with van der Waals surface area (Å²) in [6, 6.07) is 12.1. The summed E-state index contributed by atoms with van der Waals surface area (Å²) >= 11 is 1.59. The molecule has 0 aliphatic carbocycles. The monoisotopic (exact) mass is 405 g/mol. The standard InChI is InChI=1S/C23H23N3O2S/c1-14-9-10-15(2)21-20(14)25-23(29-21)26(13-16-6-5-11-28-16)22(27)18-12-24-19-8-4-3-7-17(18)19/h3-4,7-10,12,16,24H,5-6,11,13H2,1-2H3/t16-/m0/s1. The number of thiazole rings is 1. The van der Waals surface area contributed by atoms with Crippen molar-refractivity contribution in [2.24, 2.45) is 0 Å². The minimum absolute atomic E-state index is 0.0349. The van der Waals surface area contributed by atoms with E-state index in [4.69, 9.17) is 9.72 Å². The Balaban J connectivity index is 1.60. The average Bonchev–Trinajstić information content (AvgIpc) is 3.48. The highest BCUT2D eigenvalue weighted by Gasteiger charge is 2.28. The van der Waals surface area contributed by atoms with Crippen LogP contribution in [0.5, 0.6) is 0 Å². The molecule has 5 rings (SSSR count). The fourth-order valence-electron chi connectivity index (χ4n) is 4.00. The first-order valence-corrected chi connectivity index (χ1v) is 10.8. The van der Waals surface area contributed by atoms with E-state index in [1.807, 2.05) is 29.2 Å². The van der Waals surface area contributed by atoms with Gasteiger partial charge in [-0.25, -0.2) is 4.98 Å². The van der Waals surface area contributed by atoms with Crippen LogP contribution in [0, 0.1) is 13.8 Å². The molecule has 3 heterocycles. The van der Waals surface area contributed by atoms with E-state index in [2.05, 4.69) is 31.0 Å². The molecule has 5 nitrogen and oxygen atoms in total. The Hall–Kier alpha value is -2.70. The van der Waals surface area contributed by atoms with E-state index in [1.165, 1.54) is 5.56 Å². The van der Waals surface area contributed by atoms with Crippen LogP contribution < -0.4 is 4.90 Å². The van der Waals surface area contributed by atoms with Crippen LogP contribution >= 0.6 is 11.3 Å². The van der Waals surface area contributed by atoms with Crippen molar-refractivity contribution in [1.29, 1.82) is 0 Å². The number of aromatic amines is 1. The van der Waals surface area contributed by atoms with Crippen LogP contribution in [0.3, 0.4) is 0 Å². The Morgan fingerprint density at radius 1 is 1.24 bits per heavy atom. The van der Waals surface area contributed by atoms with Gasteiger partial charge in [0, 0.05) is 23.7 Å². The number of carbonyl (C=O) groups is 1. The maximum atomic E-state index is 13.7. The first-order valence-electron chi connectivity index (χ1n) is 9.98. The predicted octanol–water partition coefficient (Wildman–Crippen LogP) is 5.22. The summed E-state index contributed by atoms with van der Waals surface area (Å²) in [5, 5.41) is 1.67. The number of aromatic nitrogens is 2. The maximum Gasteiger partial charge on any atom is 0.262 e. The number of amides is 1. The van der Waals surface area contributed by atoms with Crippen molar-refractivity contribution in [3.63, 3.8) is 0 Å². The molecule has 1 amide bonds. The van der Waals surface area contributed by atoms with Crippen molar-refractivity contribution >= 4 is 43.5 Å². The molecular formula is C23H23N3O2S. The van der Waals surface area contributed by atoms with Crippen molar-refractivity contribution in [3.05, 3.63) is 59.3 Å². The predicted molar refractivity (Wildman–Crippen MR) is 118 cm³/mol. The van der Waals surface area contributed by atoms with Crippen LogP contribution in [0.4, 0.5) is 5.13 Å². The third-order valence-electron chi connectivity index (χ3n) is 5.64. The number of carbonyl (C=O) groups excluding carboxylic acids is 1. The second-order valence-electron chi connectivity index (χ2n) is 7.67. The van der Waals surface area contributed by atoms with E-state index >= 15 is 0 Å². The van der Waals surface area contributed by atoms with Crippen molar-refractivity contribution in [2.75, 3.05) is 18.1 Å². The van der Waals surface area contributed by atoms with E-state index in [-0.39, 0.29) is 12.0 Å². The molecule has 1 N–H and O–H groups in total. The third-order valence-corrected chi connectivity index (χ3v) is 6.85. The second kappa shape index (κ2) is 7.28. The van der Waals surface area contributed by atoms with Crippen molar-refractivity contribution in [3.8, 4) is 0 Å². The number of ether oxygens (including phenoxy) is 1. The number of nitrogens with one attached hydrogen (secondary N) is 1. The maximum absolute atomic E-state index is 13.7. The lowest BCUT2D eigenvalue weighted by Crippen LogP contribution is -2.37. The van der Waals surface area contributed by atoms with Crippen molar-refractivity contribution in [2.45, 2.75) is 32.8 Å². The number of nitrogens with zero attached hydrogens (tertiary/aromatic N) is 2. The lowest BCUT2D eigenvalue weighted by molar-refractivity contribution is 0.0919. The molecule has 0 spiro atoms. The van der Waals surface area contributed by atoms with Gasteiger partial charge < -0.3 is 9.72 Å². The fraction of sp³-hybridized carbons (Fsp3) is 0.304.